The van der Waals surface area contributed by atoms with Gasteiger partial charge in [-0.1, -0.05) is 12.7 Å². The zero-order valence-electron chi connectivity index (χ0n) is 4.63. The first kappa shape index (κ1) is 6.95. The molecule has 0 atom stereocenters. The molecule has 0 bridgehead atoms. The number of amides is 1. The molecule has 0 saturated carbocycles. The first-order valence-electron chi connectivity index (χ1n) is 2.23. The number of hydrogen-bond acceptors (Lipinski definition) is 1. The summed E-state index contributed by atoms with van der Waals surface area (Å²) < 4.78 is 0. The molecule has 2 heteroatoms. The summed E-state index contributed by atoms with van der Waals surface area (Å²) in [6.07, 6.45) is 4.65. The van der Waals surface area contributed by atoms with Gasteiger partial charge in [0.15, 0.2) is 0 Å². The molecule has 0 saturated heterocycles. The van der Waals surface area contributed by atoms with Crippen molar-refractivity contribution >= 4 is 6.41 Å². The second-order valence-corrected chi connectivity index (χ2v) is 1.21. The molecule has 0 aromatic carbocycles. The van der Waals surface area contributed by atoms with Gasteiger partial charge < -0.3 is 4.90 Å². The Balaban J connectivity index is 3.50. The summed E-state index contributed by atoms with van der Waals surface area (Å²) in [5.74, 6) is 0. The Morgan fingerprint density at radius 1 is 1.62 bits per heavy atom. The molecule has 43 valence electrons. The van der Waals surface area contributed by atoms with E-state index in [0.717, 1.165) is 0 Å². The molecule has 0 spiro atoms. The highest BCUT2D eigenvalue weighted by molar-refractivity contribution is 5.50. The summed E-state index contributed by atoms with van der Waals surface area (Å²) in [6, 6.07) is 0. The van der Waals surface area contributed by atoms with E-state index in [4.69, 9.17) is 0 Å². The lowest BCUT2D eigenvalue weighted by Gasteiger charge is -2.03. The van der Waals surface area contributed by atoms with Crippen molar-refractivity contribution in [1.82, 2.24) is 4.90 Å². The molecule has 0 heterocycles. The largest absolute Gasteiger partial charge is 0.316 e. The van der Waals surface area contributed by atoms with E-state index in [-0.39, 0.29) is 0 Å². The number of nitrogens with zero attached hydrogens (tertiary/aromatic N) is 1. The minimum absolute atomic E-state index is 0.479. The van der Waals surface area contributed by atoms with Crippen molar-refractivity contribution in [3.63, 3.8) is 0 Å². The van der Waals surface area contributed by atoms with Gasteiger partial charge in [0.2, 0.25) is 0 Å². The van der Waals surface area contributed by atoms with Crippen LogP contribution in [0.4, 0.5) is 0 Å². The number of rotatable bonds is 4. The summed E-state index contributed by atoms with van der Waals surface area (Å²) in [6.45, 7) is 7.27. The van der Waals surface area contributed by atoms with Crippen LogP contribution in [0.15, 0.2) is 25.4 Å². The van der Waals surface area contributed by atoms with Crippen molar-refractivity contribution < 1.29 is 4.79 Å². The molecule has 0 N–H and O–H groups in total. The molecule has 0 rings (SSSR count). The Labute approximate surface area is 49.1 Å². The maximum atomic E-state index is 9.81. The van der Waals surface area contributed by atoms with Gasteiger partial charge in [-0.25, -0.2) is 0 Å². The standard InChI is InChI=1S/C6H8NO/c1-3-5-7(4-2)6-8/h3-4H,1-2,5H2. The predicted octanol–water partition coefficient (Wildman–Crippen LogP) is 0.685. The second kappa shape index (κ2) is 4.12. The molecule has 0 aromatic rings. The maximum Gasteiger partial charge on any atom is 0.316 e. The number of carbonyl (C=O) groups excluding carboxylic acids is 1. The van der Waals surface area contributed by atoms with Crippen LogP contribution in [0.25, 0.3) is 0 Å². The lowest BCUT2D eigenvalue weighted by molar-refractivity contribution is 0.484. The van der Waals surface area contributed by atoms with Crippen molar-refractivity contribution in [2.24, 2.45) is 0 Å². The third kappa shape index (κ3) is 2.18. The summed E-state index contributed by atoms with van der Waals surface area (Å²) in [7, 11) is 0. The zero-order valence-corrected chi connectivity index (χ0v) is 4.63. The summed E-state index contributed by atoms with van der Waals surface area (Å²) in [5.41, 5.74) is 0. The quantitative estimate of drug-likeness (QED) is 0.385. The molecule has 0 unspecified atom stereocenters. The van der Waals surface area contributed by atoms with Gasteiger partial charge >= 0.3 is 6.41 Å². The van der Waals surface area contributed by atoms with Gasteiger partial charge in [0.05, 0.1) is 0 Å². The molecule has 0 fully saturated rings. The predicted molar refractivity (Wildman–Crippen MR) is 32.8 cm³/mol. The molecule has 1 radical (unpaired) electrons. The molecule has 8 heavy (non-hydrogen) atoms. The Morgan fingerprint density at radius 2 is 2.25 bits per heavy atom. The van der Waals surface area contributed by atoms with Gasteiger partial charge in [-0.2, -0.15) is 0 Å². The van der Waals surface area contributed by atoms with Crippen LogP contribution in [0.3, 0.4) is 0 Å². The van der Waals surface area contributed by atoms with Gasteiger partial charge in [0.1, 0.15) is 0 Å². The number of hydrogen-bond donors (Lipinski definition) is 0. The third-order valence-electron chi connectivity index (χ3n) is 0.663. The van der Waals surface area contributed by atoms with E-state index in [1.165, 1.54) is 11.1 Å². The van der Waals surface area contributed by atoms with E-state index in [1.807, 2.05) is 0 Å². The highest BCUT2D eigenvalue weighted by Crippen LogP contribution is 1.79. The van der Waals surface area contributed by atoms with Crippen molar-refractivity contribution in [2.45, 2.75) is 0 Å². The maximum absolute atomic E-state index is 9.81. The Morgan fingerprint density at radius 3 is 2.38 bits per heavy atom. The van der Waals surface area contributed by atoms with Crippen LogP contribution in [-0.4, -0.2) is 17.9 Å². The van der Waals surface area contributed by atoms with E-state index in [9.17, 15) is 4.79 Å². The van der Waals surface area contributed by atoms with Gasteiger partial charge in [-0.15, -0.1) is 6.58 Å². The minimum Gasteiger partial charge on any atom is -0.308 e. The minimum atomic E-state index is 0.479. The van der Waals surface area contributed by atoms with Crippen LogP contribution >= 0.6 is 0 Å². The van der Waals surface area contributed by atoms with Crippen LogP contribution in [0.5, 0.6) is 0 Å². The van der Waals surface area contributed by atoms with Crippen LogP contribution in [-0.2, 0) is 4.79 Å². The fourth-order valence-corrected chi connectivity index (χ4v) is 0.288. The normalized spacial score (nSPS) is 7.50. The van der Waals surface area contributed by atoms with Gasteiger partial charge in [-0.05, 0) is 0 Å². The van der Waals surface area contributed by atoms with Crippen molar-refractivity contribution in [1.29, 1.82) is 0 Å². The first-order valence-corrected chi connectivity index (χ1v) is 2.23. The second-order valence-electron chi connectivity index (χ2n) is 1.21. The van der Waals surface area contributed by atoms with E-state index in [1.54, 1.807) is 12.5 Å². The van der Waals surface area contributed by atoms with E-state index >= 15 is 0 Å². The Bertz CT molecular complexity index is 90.7. The molecule has 0 aliphatic heterocycles. The summed E-state index contributed by atoms with van der Waals surface area (Å²) >= 11 is 0. The van der Waals surface area contributed by atoms with Crippen molar-refractivity contribution in [3.8, 4) is 0 Å². The smallest absolute Gasteiger partial charge is 0.308 e. The summed E-state index contributed by atoms with van der Waals surface area (Å²) in [4.78, 5) is 11.1. The van der Waals surface area contributed by atoms with E-state index in [2.05, 4.69) is 13.2 Å². The van der Waals surface area contributed by atoms with Crippen LogP contribution < -0.4 is 0 Å². The van der Waals surface area contributed by atoms with Gasteiger partial charge in [0, 0.05) is 12.7 Å². The summed E-state index contributed by atoms with van der Waals surface area (Å²) in [5, 5.41) is 0. The zero-order chi connectivity index (χ0) is 6.41. The molecule has 0 aliphatic carbocycles. The van der Waals surface area contributed by atoms with Crippen LogP contribution in [0.2, 0.25) is 0 Å². The van der Waals surface area contributed by atoms with E-state index < -0.39 is 0 Å². The highest BCUT2D eigenvalue weighted by Gasteiger charge is 1.88. The van der Waals surface area contributed by atoms with E-state index in [0.29, 0.717) is 6.54 Å². The average molecular weight is 110 g/mol. The average Bonchev–Trinajstić information content (AvgIpc) is 1.83. The fourth-order valence-electron chi connectivity index (χ4n) is 0.288. The first-order chi connectivity index (χ1) is 3.85. The molecule has 1 amide bonds. The molecule has 2 nitrogen and oxygen atoms in total. The monoisotopic (exact) mass is 110 g/mol. The van der Waals surface area contributed by atoms with Gasteiger partial charge in [-0.3, -0.25) is 4.79 Å². The SMILES string of the molecule is C=CCN([C]=O)C=C. The van der Waals surface area contributed by atoms with Crippen LogP contribution in [0, 0.1) is 0 Å². The molecule has 0 aromatic heterocycles. The van der Waals surface area contributed by atoms with Crippen molar-refractivity contribution in [2.75, 3.05) is 6.54 Å². The lowest BCUT2D eigenvalue weighted by Crippen LogP contribution is -2.12. The Kier molecular flexibility index (Phi) is 3.58. The Hall–Kier alpha value is -1.05. The third-order valence-corrected chi connectivity index (χ3v) is 0.663. The topological polar surface area (TPSA) is 20.3 Å². The van der Waals surface area contributed by atoms with Crippen molar-refractivity contribution in [3.05, 3.63) is 25.4 Å². The molecular weight excluding hydrogens is 102 g/mol. The highest BCUT2D eigenvalue weighted by atomic mass is 16.1. The lowest BCUT2D eigenvalue weighted by atomic mass is 10.6. The van der Waals surface area contributed by atoms with Gasteiger partial charge in [0.25, 0.3) is 0 Å². The molecule has 0 aliphatic rings. The fraction of sp³-hybridized carbons (Fsp3) is 0.167. The van der Waals surface area contributed by atoms with Crippen LogP contribution in [0.1, 0.15) is 0 Å². The molecular formula is C6H8NO.